The summed E-state index contributed by atoms with van der Waals surface area (Å²) in [5.74, 6) is -1.26. The molecule has 0 radical (unpaired) electrons. The molecule has 0 unspecified atom stereocenters. The van der Waals surface area contributed by atoms with E-state index in [-0.39, 0.29) is 35.5 Å². The molecule has 0 bridgehead atoms. The molecule has 27 heavy (non-hydrogen) atoms. The lowest BCUT2D eigenvalue weighted by Crippen LogP contribution is -2.25. The minimum atomic E-state index is -0.738. The summed E-state index contributed by atoms with van der Waals surface area (Å²) in [7, 11) is 0. The quantitative estimate of drug-likeness (QED) is 0.642. The molecular formula is C19H15BrF2N2O3. The zero-order valence-corrected chi connectivity index (χ0v) is 15.6. The summed E-state index contributed by atoms with van der Waals surface area (Å²) in [5, 5.41) is 9.65. The van der Waals surface area contributed by atoms with Gasteiger partial charge in [-0.15, -0.1) is 0 Å². The normalized spacial score (nSPS) is 10.8. The highest BCUT2D eigenvalue weighted by Crippen LogP contribution is 2.24. The molecule has 0 saturated carbocycles. The highest BCUT2D eigenvalue weighted by atomic mass is 79.9. The number of hydrogen-bond acceptors (Lipinski definition) is 4. The maximum absolute atomic E-state index is 13.7. The Bertz CT molecular complexity index is 1010. The van der Waals surface area contributed by atoms with Crippen molar-refractivity contribution in [1.29, 1.82) is 0 Å². The Labute approximate surface area is 162 Å². The number of rotatable bonds is 6. The van der Waals surface area contributed by atoms with E-state index in [1.165, 1.54) is 16.7 Å². The first kappa shape index (κ1) is 19.2. The van der Waals surface area contributed by atoms with Gasteiger partial charge < -0.3 is 14.4 Å². The molecule has 0 spiro atoms. The SMILES string of the molecule is O=c1c(Br)c(OCc2ccc(F)cc2F)cc(CO)n1Cc1cccnc1. The largest absolute Gasteiger partial charge is 0.487 e. The van der Waals surface area contributed by atoms with Crippen molar-refractivity contribution in [2.45, 2.75) is 19.8 Å². The van der Waals surface area contributed by atoms with Crippen LogP contribution in [0.1, 0.15) is 16.8 Å². The van der Waals surface area contributed by atoms with Gasteiger partial charge in [0.15, 0.2) is 0 Å². The molecule has 0 saturated heterocycles. The van der Waals surface area contributed by atoms with E-state index in [0.717, 1.165) is 17.7 Å². The predicted octanol–water partition coefficient (Wildman–Crippen LogP) is 3.40. The first-order valence-electron chi connectivity index (χ1n) is 7.98. The summed E-state index contributed by atoms with van der Waals surface area (Å²) in [6, 6.07) is 8.23. The van der Waals surface area contributed by atoms with Crippen LogP contribution >= 0.6 is 15.9 Å². The summed E-state index contributed by atoms with van der Waals surface area (Å²) in [5.41, 5.74) is 0.873. The van der Waals surface area contributed by atoms with E-state index >= 15 is 0 Å². The number of pyridine rings is 2. The number of halogens is 3. The van der Waals surface area contributed by atoms with Crippen LogP contribution in [-0.2, 0) is 19.8 Å². The van der Waals surface area contributed by atoms with Gasteiger partial charge in [-0.2, -0.15) is 0 Å². The van der Waals surface area contributed by atoms with Crippen molar-refractivity contribution < 1.29 is 18.6 Å². The van der Waals surface area contributed by atoms with Crippen LogP contribution in [-0.4, -0.2) is 14.7 Å². The Balaban J connectivity index is 1.89. The van der Waals surface area contributed by atoms with Gasteiger partial charge in [0.25, 0.3) is 5.56 Å². The number of benzene rings is 1. The topological polar surface area (TPSA) is 64.3 Å². The Morgan fingerprint density at radius 1 is 1.22 bits per heavy atom. The molecule has 2 aromatic heterocycles. The second-order valence-corrected chi connectivity index (χ2v) is 6.54. The molecule has 3 aromatic rings. The van der Waals surface area contributed by atoms with Crippen molar-refractivity contribution in [2.24, 2.45) is 0 Å². The number of hydrogen-bond donors (Lipinski definition) is 1. The van der Waals surface area contributed by atoms with Crippen molar-refractivity contribution in [3.05, 3.63) is 92.1 Å². The van der Waals surface area contributed by atoms with Crippen LogP contribution in [0, 0.1) is 11.6 Å². The zero-order valence-electron chi connectivity index (χ0n) is 14.0. The average Bonchev–Trinajstić information content (AvgIpc) is 2.67. The smallest absolute Gasteiger partial charge is 0.269 e. The Morgan fingerprint density at radius 2 is 2.04 bits per heavy atom. The second kappa shape index (κ2) is 8.41. The third kappa shape index (κ3) is 4.40. The van der Waals surface area contributed by atoms with Crippen molar-refractivity contribution in [2.75, 3.05) is 0 Å². The summed E-state index contributed by atoms with van der Waals surface area (Å²) in [6.45, 7) is -0.347. The number of ether oxygens (including phenoxy) is 1. The van der Waals surface area contributed by atoms with E-state index in [0.29, 0.717) is 5.69 Å². The van der Waals surface area contributed by atoms with Gasteiger partial charge in [0.05, 0.1) is 18.8 Å². The molecule has 1 N–H and O–H groups in total. The maximum atomic E-state index is 13.7. The fourth-order valence-corrected chi connectivity index (χ4v) is 2.97. The summed E-state index contributed by atoms with van der Waals surface area (Å²) >= 11 is 3.20. The Kier molecular flexibility index (Phi) is 5.98. The molecule has 140 valence electrons. The molecule has 0 aliphatic heterocycles. The maximum Gasteiger partial charge on any atom is 0.269 e. The van der Waals surface area contributed by atoms with Crippen molar-refractivity contribution >= 4 is 15.9 Å². The molecule has 0 aliphatic carbocycles. The zero-order chi connectivity index (χ0) is 19.4. The highest BCUT2D eigenvalue weighted by molar-refractivity contribution is 9.10. The van der Waals surface area contributed by atoms with Gasteiger partial charge in [0.2, 0.25) is 0 Å². The van der Waals surface area contributed by atoms with Crippen LogP contribution in [0.5, 0.6) is 5.75 Å². The number of aliphatic hydroxyl groups is 1. The van der Waals surface area contributed by atoms with Crippen LogP contribution in [0.15, 0.2) is 58.1 Å². The van der Waals surface area contributed by atoms with E-state index in [9.17, 15) is 18.7 Å². The molecular weight excluding hydrogens is 422 g/mol. The van der Waals surface area contributed by atoms with Gasteiger partial charge in [0, 0.05) is 30.1 Å². The minimum Gasteiger partial charge on any atom is -0.487 e. The van der Waals surface area contributed by atoms with Crippen molar-refractivity contribution in [3.63, 3.8) is 0 Å². The number of aliphatic hydroxyl groups excluding tert-OH is 1. The summed E-state index contributed by atoms with van der Waals surface area (Å²) in [6.07, 6.45) is 3.25. The lowest BCUT2D eigenvalue weighted by atomic mass is 10.2. The van der Waals surface area contributed by atoms with E-state index in [4.69, 9.17) is 4.74 Å². The highest BCUT2D eigenvalue weighted by Gasteiger charge is 2.15. The lowest BCUT2D eigenvalue weighted by molar-refractivity contribution is 0.264. The predicted molar refractivity (Wildman–Crippen MR) is 98.4 cm³/mol. The van der Waals surface area contributed by atoms with E-state index in [2.05, 4.69) is 20.9 Å². The van der Waals surface area contributed by atoms with Crippen LogP contribution in [0.2, 0.25) is 0 Å². The average molecular weight is 437 g/mol. The Morgan fingerprint density at radius 3 is 2.70 bits per heavy atom. The molecule has 0 atom stereocenters. The Hall–Kier alpha value is -2.58. The lowest BCUT2D eigenvalue weighted by Gasteiger charge is -2.15. The van der Waals surface area contributed by atoms with Gasteiger partial charge in [-0.05, 0) is 39.7 Å². The first-order chi connectivity index (χ1) is 13.0. The van der Waals surface area contributed by atoms with Crippen LogP contribution in [0.3, 0.4) is 0 Å². The standard InChI is InChI=1S/C19H15BrF2N2O3/c20-18-17(27-11-13-3-4-14(21)6-16(13)22)7-15(10-25)24(19(18)26)9-12-2-1-5-23-8-12/h1-8,25H,9-11H2. The molecule has 0 amide bonds. The molecule has 1 aromatic carbocycles. The third-order valence-electron chi connectivity index (χ3n) is 3.92. The van der Waals surface area contributed by atoms with E-state index in [1.807, 2.05) is 6.07 Å². The summed E-state index contributed by atoms with van der Waals surface area (Å²) < 4.78 is 33.8. The molecule has 5 nitrogen and oxygen atoms in total. The van der Waals surface area contributed by atoms with Crippen molar-refractivity contribution in [3.8, 4) is 5.75 Å². The van der Waals surface area contributed by atoms with Gasteiger partial charge in [0.1, 0.15) is 28.5 Å². The van der Waals surface area contributed by atoms with E-state index in [1.54, 1.807) is 18.5 Å². The fraction of sp³-hybridized carbons (Fsp3) is 0.158. The minimum absolute atomic E-state index is 0.145. The van der Waals surface area contributed by atoms with Crippen LogP contribution in [0.4, 0.5) is 8.78 Å². The van der Waals surface area contributed by atoms with Crippen molar-refractivity contribution in [1.82, 2.24) is 9.55 Å². The monoisotopic (exact) mass is 436 g/mol. The number of nitrogens with zero attached hydrogens (tertiary/aromatic N) is 2. The summed E-state index contributed by atoms with van der Waals surface area (Å²) in [4.78, 5) is 16.7. The fourth-order valence-electron chi connectivity index (χ4n) is 2.52. The van der Waals surface area contributed by atoms with Gasteiger partial charge >= 0.3 is 0 Å². The third-order valence-corrected chi connectivity index (χ3v) is 4.65. The molecule has 0 aliphatic rings. The number of aromatic nitrogens is 2. The van der Waals surface area contributed by atoms with Gasteiger partial charge in [-0.25, -0.2) is 8.78 Å². The van der Waals surface area contributed by atoms with Gasteiger partial charge in [-0.1, -0.05) is 6.07 Å². The molecule has 0 fully saturated rings. The van der Waals surface area contributed by atoms with E-state index < -0.39 is 17.2 Å². The van der Waals surface area contributed by atoms with Gasteiger partial charge in [-0.3, -0.25) is 9.78 Å². The molecule has 8 heteroatoms. The van der Waals surface area contributed by atoms with Crippen LogP contribution < -0.4 is 10.3 Å². The first-order valence-corrected chi connectivity index (χ1v) is 8.77. The second-order valence-electron chi connectivity index (χ2n) is 5.75. The van der Waals surface area contributed by atoms with Crippen LogP contribution in [0.25, 0.3) is 0 Å². The molecule has 3 rings (SSSR count). The molecule has 2 heterocycles.